The molecule has 1 N–H and O–H groups in total. The van der Waals surface area contributed by atoms with Gasteiger partial charge in [0, 0.05) is 31.7 Å². The molecule has 0 bridgehead atoms. The minimum absolute atomic E-state index is 0.112. The Labute approximate surface area is 121 Å². The van der Waals surface area contributed by atoms with Crippen molar-refractivity contribution in [2.24, 2.45) is 5.92 Å². The van der Waals surface area contributed by atoms with E-state index in [2.05, 4.69) is 5.32 Å². The van der Waals surface area contributed by atoms with E-state index in [1.165, 1.54) is 4.90 Å². The number of nitrogens with one attached hydrogen (secondary N) is 1. The molecule has 3 rings (SSSR count). The number of fused-ring (bicyclic) bond motifs is 1. The van der Waals surface area contributed by atoms with Crippen LogP contribution in [0.15, 0.2) is 18.2 Å². The second-order valence-corrected chi connectivity index (χ2v) is 5.72. The highest BCUT2D eigenvalue weighted by molar-refractivity contribution is 5.94. The number of piperidine rings is 1. The second kappa shape index (κ2) is 5.33. The lowest BCUT2D eigenvalue weighted by molar-refractivity contribution is -0.184. The summed E-state index contributed by atoms with van der Waals surface area (Å²) in [6, 6.07) is 5.40. The third-order valence-electron chi connectivity index (χ3n) is 4.26. The van der Waals surface area contributed by atoms with Crippen LogP contribution in [0.25, 0.3) is 0 Å². The quantitative estimate of drug-likeness (QED) is 0.864. The van der Waals surface area contributed by atoms with Gasteiger partial charge in [-0.3, -0.25) is 4.79 Å². The molecule has 0 saturated carbocycles. The van der Waals surface area contributed by atoms with Gasteiger partial charge in [-0.1, -0.05) is 6.07 Å². The average molecular weight is 298 g/mol. The Balaban J connectivity index is 1.75. The highest BCUT2D eigenvalue weighted by Gasteiger charge is 2.42. The molecular weight excluding hydrogens is 281 g/mol. The molecule has 1 unspecified atom stereocenters. The predicted octanol–water partition coefficient (Wildman–Crippen LogP) is 2.70. The summed E-state index contributed by atoms with van der Waals surface area (Å²) in [7, 11) is 0. The largest absolute Gasteiger partial charge is 0.393 e. The smallest absolute Gasteiger partial charge is 0.338 e. The van der Waals surface area contributed by atoms with Crippen molar-refractivity contribution >= 4 is 5.91 Å². The first-order chi connectivity index (χ1) is 9.95. The van der Waals surface area contributed by atoms with Crippen LogP contribution in [0.2, 0.25) is 0 Å². The van der Waals surface area contributed by atoms with Crippen LogP contribution in [-0.2, 0) is 13.1 Å². The number of nitrogens with zero attached hydrogens (tertiary/aromatic N) is 1. The average Bonchev–Trinajstić information content (AvgIpc) is 2.93. The Morgan fingerprint density at radius 2 is 2.00 bits per heavy atom. The first-order valence-corrected chi connectivity index (χ1v) is 7.13. The van der Waals surface area contributed by atoms with Gasteiger partial charge in [0.05, 0.1) is 5.92 Å². The van der Waals surface area contributed by atoms with E-state index in [9.17, 15) is 18.0 Å². The van der Waals surface area contributed by atoms with Gasteiger partial charge < -0.3 is 10.2 Å². The van der Waals surface area contributed by atoms with Gasteiger partial charge in [-0.2, -0.15) is 13.2 Å². The molecular formula is C15H17F3N2O. The summed E-state index contributed by atoms with van der Waals surface area (Å²) < 4.78 is 38.4. The van der Waals surface area contributed by atoms with Crippen molar-refractivity contribution in [1.82, 2.24) is 10.2 Å². The molecule has 1 saturated heterocycles. The van der Waals surface area contributed by atoms with Crippen molar-refractivity contribution in [3.63, 3.8) is 0 Å². The molecule has 2 aliphatic heterocycles. The lowest BCUT2D eigenvalue weighted by Gasteiger charge is -2.33. The number of hydrogen-bond donors (Lipinski definition) is 1. The zero-order valence-electron chi connectivity index (χ0n) is 11.5. The first-order valence-electron chi connectivity index (χ1n) is 7.13. The molecule has 1 fully saturated rings. The van der Waals surface area contributed by atoms with Gasteiger partial charge in [0.25, 0.3) is 5.91 Å². The lowest BCUT2D eigenvalue weighted by atomic mass is 9.96. The molecule has 1 aromatic carbocycles. The number of halogens is 3. The predicted molar refractivity (Wildman–Crippen MR) is 71.7 cm³/mol. The van der Waals surface area contributed by atoms with Crippen LogP contribution in [0.5, 0.6) is 0 Å². The number of carbonyl (C=O) groups excluding carboxylic acids is 1. The van der Waals surface area contributed by atoms with Crippen molar-refractivity contribution in [3.8, 4) is 0 Å². The van der Waals surface area contributed by atoms with E-state index in [-0.39, 0.29) is 18.9 Å². The van der Waals surface area contributed by atoms with E-state index < -0.39 is 12.1 Å². The van der Waals surface area contributed by atoms with Gasteiger partial charge in [0.15, 0.2) is 0 Å². The van der Waals surface area contributed by atoms with Gasteiger partial charge in [-0.15, -0.1) is 0 Å². The molecule has 0 aliphatic carbocycles. The summed E-state index contributed by atoms with van der Waals surface area (Å²) in [6.07, 6.45) is -3.70. The Bertz CT molecular complexity index is 556. The van der Waals surface area contributed by atoms with E-state index in [1.54, 1.807) is 12.1 Å². The summed E-state index contributed by atoms with van der Waals surface area (Å²) in [5.41, 5.74) is 2.70. The van der Waals surface area contributed by atoms with Crippen molar-refractivity contribution in [1.29, 1.82) is 0 Å². The lowest BCUT2D eigenvalue weighted by Crippen LogP contribution is -2.44. The van der Waals surface area contributed by atoms with Crippen LogP contribution in [0, 0.1) is 5.92 Å². The zero-order chi connectivity index (χ0) is 15.0. The van der Waals surface area contributed by atoms with Gasteiger partial charge in [-0.05, 0) is 36.1 Å². The molecule has 114 valence electrons. The Kier molecular flexibility index (Phi) is 3.65. The van der Waals surface area contributed by atoms with Crippen LogP contribution in [-0.4, -0.2) is 30.1 Å². The van der Waals surface area contributed by atoms with Gasteiger partial charge in [-0.25, -0.2) is 0 Å². The van der Waals surface area contributed by atoms with E-state index in [1.807, 2.05) is 6.07 Å². The summed E-state index contributed by atoms with van der Waals surface area (Å²) in [6.45, 7) is 1.67. The molecule has 1 amide bonds. The van der Waals surface area contributed by atoms with E-state index in [4.69, 9.17) is 0 Å². The molecule has 3 nitrogen and oxygen atoms in total. The molecule has 21 heavy (non-hydrogen) atoms. The third kappa shape index (κ3) is 2.90. The van der Waals surface area contributed by atoms with Crippen LogP contribution < -0.4 is 5.32 Å². The van der Waals surface area contributed by atoms with Gasteiger partial charge in [0.2, 0.25) is 0 Å². The Hall–Kier alpha value is -1.56. The number of hydrogen-bond acceptors (Lipinski definition) is 2. The highest BCUT2D eigenvalue weighted by Crippen LogP contribution is 2.33. The normalized spacial score (nSPS) is 22.2. The first kappa shape index (κ1) is 14.4. The number of carbonyl (C=O) groups is 1. The number of rotatable bonds is 1. The molecule has 1 atom stereocenters. The highest BCUT2D eigenvalue weighted by atomic mass is 19.4. The van der Waals surface area contributed by atoms with E-state index in [0.29, 0.717) is 25.1 Å². The maximum Gasteiger partial charge on any atom is 0.393 e. The summed E-state index contributed by atoms with van der Waals surface area (Å²) >= 11 is 0. The van der Waals surface area contributed by atoms with E-state index >= 15 is 0 Å². The SMILES string of the molecule is O=C(c1ccc2c(c1)CNC2)N1CCCC(C(F)(F)F)C1. The molecule has 1 aromatic rings. The molecule has 0 radical (unpaired) electrons. The van der Waals surface area contributed by atoms with Crippen LogP contribution in [0.4, 0.5) is 13.2 Å². The van der Waals surface area contributed by atoms with Crippen molar-refractivity contribution in [2.75, 3.05) is 13.1 Å². The fourth-order valence-electron chi connectivity index (χ4n) is 3.04. The fourth-order valence-corrected chi connectivity index (χ4v) is 3.04. The number of benzene rings is 1. The molecule has 0 spiro atoms. The Morgan fingerprint density at radius 3 is 2.76 bits per heavy atom. The number of amides is 1. The summed E-state index contributed by atoms with van der Waals surface area (Å²) in [5.74, 6) is -1.69. The van der Waals surface area contributed by atoms with Crippen LogP contribution >= 0.6 is 0 Å². The summed E-state index contributed by atoms with van der Waals surface area (Å²) in [5, 5.41) is 3.19. The maximum absolute atomic E-state index is 12.8. The fraction of sp³-hybridized carbons (Fsp3) is 0.533. The van der Waals surface area contributed by atoms with E-state index in [0.717, 1.165) is 17.7 Å². The van der Waals surface area contributed by atoms with Crippen LogP contribution in [0.1, 0.15) is 34.3 Å². The zero-order valence-corrected chi connectivity index (χ0v) is 11.5. The van der Waals surface area contributed by atoms with Gasteiger partial charge in [0.1, 0.15) is 0 Å². The number of alkyl halides is 3. The third-order valence-corrected chi connectivity index (χ3v) is 4.26. The number of likely N-dealkylation sites (tertiary alicyclic amines) is 1. The molecule has 6 heteroatoms. The van der Waals surface area contributed by atoms with Crippen molar-refractivity contribution in [2.45, 2.75) is 32.1 Å². The topological polar surface area (TPSA) is 32.3 Å². The standard InChI is InChI=1S/C15H17F3N2O/c16-15(17,18)13-2-1-5-20(9-13)14(21)10-3-4-11-7-19-8-12(11)6-10/h3-4,6,13,19H,1-2,5,7-9H2. The molecule has 2 aliphatic rings. The minimum Gasteiger partial charge on any atom is -0.338 e. The van der Waals surface area contributed by atoms with Crippen LogP contribution in [0.3, 0.4) is 0 Å². The maximum atomic E-state index is 12.8. The van der Waals surface area contributed by atoms with Crippen molar-refractivity contribution in [3.05, 3.63) is 34.9 Å². The summed E-state index contributed by atoms with van der Waals surface area (Å²) in [4.78, 5) is 13.7. The molecule has 2 heterocycles. The van der Waals surface area contributed by atoms with Crippen molar-refractivity contribution < 1.29 is 18.0 Å². The minimum atomic E-state index is -4.22. The monoisotopic (exact) mass is 298 g/mol. The Morgan fingerprint density at radius 1 is 1.24 bits per heavy atom. The molecule has 0 aromatic heterocycles. The second-order valence-electron chi connectivity index (χ2n) is 5.72. The van der Waals surface area contributed by atoms with Gasteiger partial charge >= 0.3 is 6.18 Å².